The van der Waals surface area contributed by atoms with Crippen LogP contribution in [0.4, 0.5) is 5.69 Å². The third kappa shape index (κ3) is 2.98. The fraction of sp³-hybridized carbons (Fsp3) is 0.250. The van der Waals surface area contributed by atoms with E-state index in [1.807, 2.05) is 0 Å². The van der Waals surface area contributed by atoms with Crippen LogP contribution >= 0.6 is 0 Å². The van der Waals surface area contributed by atoms with E-state index in [1.54, 1.807) is 27.8 Å². The zero-order valence-electron chi connectivity index (χ0n) is 12.8. The number of benzene rings is 1. The van der Waals surface area contributed by atoms with Gasteiger partial charge in [0, 0.05) is 42.3 Å². The highest BCUT2D eigenvalue weighted by Gasteiger charge is 2.30. The number of fused-ring (bicyclic) bond motifs is 1. The molecule has 1 fully saturated rings. The molecule has 0 spiro atoms. The van der Waals surface area contributed by atoms with Crippen molar-refractivity contribution in [2.45, 2.75) is 12.6 Å². The molecule has 1 aromatic heterocycles. The van der Waals surface area contributed by atoms with Gasteiger partial charge in [-0.3, -0.25) is 19.7 Å². The molecule has 0 unspecified atom stereocenters. The van der Waals surface area contributed by atoms with E-state index in [9.17, 15) is 19.7 Å². The highest BCUT2D eigenvalue weighted by molar-refractivity contribution is 5.88. The van der Waals surface area contributed by atoms with Crippen LogP contribution in [-0.4, -0.2) is 45.3 Å². The van der Waals surface area contributed by atoms with Crippen molar-refractivity contribution in [2.75, 3.05) is 13.1 Å². The Hall–Kier alpha value is -3.16. The average Bonchev–Trinajstić information content (AvgIpc) is 2.92. The van der Waals surface area contributed by atoms with E-state index < -0.39 is 4.92 Å². The summed E-state index contributed by atoms with van der Waals surface area (Å²) in [7, 11) is 0. The van der Waals surface area contributed by atoms with Gasteiger partial charge in [0.25, 0.3) is 5.69 Å². The Balaban J connectivity index is 1.61. The second-order valence-electron chi connectivity index (χ2n) is 5.66. The molecule has 2 amide bonds. The van der Waals surface area contributed by atoms with Crippen molar-refractivity contribution in [2.24, 2.45) is 0 Å². The van der Waals surface area contributed by atoms with E-state index >= 15 is 0 Å². The van der Waals surface area contributed by atoms with Crippen LogP contribution in [0.15, 0.2) is 43.1 Å². The van der Waals surface area contributed by atoms with Crippen LogP contribution in [0.1, 0.15) is 0 Å². The number of nitrogens with zero attached hydrogens (tertiary/aromatic N) is 3. The van der Waals surface area contributed by atoms with E-state index in [-0.39, 0.29) is 30.1 Å². The lowest BCUT2D eigenvalue weighted by Crippen LogP contribution is -2.61. The largest absolute Gasteiger partial charge is 0.348 e. The summed E-state index contributed by atoms with van der Waals surface area (Å²) in [5, 5.41) is 14.4. The van der Waals surface area contributed by atoms with Crippen LogP contribution in [0, 0.1) is 10.1 Å². The highest BCUT2D eigenvalue weighted by Crippen LogP contribution is 2.21. The summed E-state index contributed by atoms with van der Waals surface area (Å²) in [6.45, 7) is 4.50. The normalized spacial score (nSPS) is 14.2. The van der Waals surface area contributed by atoms with Gasteiger partial charge in [-0.05, 0) is 18.2 Å². The lowest BCUT2D eigenvalue weighted by molar-refractivity contribution is -0.384. The molecular formula is C16H16N4O4. The fourth-order valence-electron chi connectivity index (χ4n) is 2.75. The van der Waals surface area contributed by atoms with Gasteiger partial charge in [-0.2, -0.15) is 0 Å². The van der Waals surface area contributed by atoms with E-state index in [0.29, 0.717) is 18.5 Å². The zero-order valence-corrected chi connectivity index (χ0v) is 12.8. The molecule has 0 radical (unpaired) electrons. The monoisotopic (exact) mass is 328 g/mol. The zero-order chi connectivity index (χ0) is 17.3. The Labute approximate surface area is 137 Å². The molecule has 3 rings (SSSR count). The molecule has 8 nitrogen and oxygen atoms in total. The number of carbonyl (C=O) groups is 2. The molecule has 124 valence electrons. The Morgan fingerprint density at radius 3 is 2.79 bits per heavy atom. The summed E-state index contributed by atoms with van der Waals surface area (Å²) in [4.78, 5) is 35.4. The molecule has 1 aromatic carbocycles. The van der Waals surface area contributed by atoms with Crippen LogP contribution in [0.2, 0.25) is 0 Å². The van der Waals surface area contributed by atoms with Crippen molar-refractivity contribution in [3.05, 3.63) is 53.2 Å². The number of carbonyl (C=O) groups excluding carboxylic acids is 2. The van der Waals surface area contributed by atoms with E-state index in [2.05, 4.69) is 11.9 Å². The number of likely N-dealkylation sites (tertiary alicyclic amines) is 1. The number of aromatic nitrogens is 1. The summed E-state index contributed by atoms with van der Waals surface area (Å²) < 4.78 is 1.74. The van der Waals surface area contributed by atoms with Crippen molar-refractivity contribution < 1.29 is 14.5 Å². The Morgan fingerprint density at radius 1 is 1.38 bits per heavy atom. The summed E-state index contributed by atoms with van der Waals surface area (Å²) in [6, 6.07) is 6.22. The molecule has 1 aliphatic rings. The Bertz CT molecular complexity index is 836. The first-order chi connectivity index (χ1) is 11.5. The van der Waals surface area contributed by atoms with Gasteiger partial charge < -0.3 is 14.8 Å². The van der Waals surface area contributed by atoms with Crippen molar-refractivity contribution in [3.8, 4) is 0 Å². The second kappa shape index (κ2) is 6.15. The van der Waals surface area contributed by atoms with Gasteiger partial charge in [0.15, 0.2) is 0 Å². The lowest BCUT2D eigenvalue weighted by atomic mass is 10.1. The van der Waals surface area contributed by atoms with E-state index in [0.717, 1.165) is 5.52 Å². The van der Waals surface area contributed by atoms with Crippen LogP contribution in [0.5, 0.6) is 0 Å². The van der Waals surface area contributed by atoms with Gasteiger partial charge >= 0.3 is 0 Å². The number of amides is 2. The summed E-state index contributed by atoms with van der Waals surface area (Å²) in [6.07, 6.45) is 2.98. The first-order valence-electron chi connectivity index (χ1n) is 7.42. The minimum atomic E-state index is -0.448. The number of nitro groups is 1. The number of rotatable bonds is 5. The number of hydrogen-bond donors (Lipinski definition) is 1. The molecule has 1 aliphatic heterocycles. The molecule has 0 bridgehead atoms. The van der Waals surface area contributed by atoms with Crippen LogP contribution in [0.25, 0.3) is 10.9 Å². The molecule has 24 heavy (non-hydrogen) atoms. The minimum absolute atomic E-state index is 0.0196. The minimum Gasteiger partial charge on any atom is -0.348 e. The summed E-state index contributed by atoms with van der Waals surface area (Å²) in [5.41, 5.74) is 0.777. The van der Waals surface area contributed by atoms with Crippen LogP contribution in [-0.2, 0) is 16.1 Å². The number of hydrogen-bond acceptors (Lipinski definition) is 4. The molecule has 0 atom stereocenters. The molecule has 8 heteroatoms. The molecule has 1 N–H and O–H groups in total. The quantitative estimate of drug-likeness (QED) is 0.504. The first kappa shape index (κ1) is 15.7. The van der Waals surface area contributed by atoms with Gasteiger partial charge in [-0.15, -0.1) is 0 Å². The number of nitrogens with one attached hydrogen (secondary N) is 1. The Morgan fingerprint density at radius 2 is 2.12 bits per heavy atom. The number of nitro benzene ring substituents is 1. The third-order valence-electron chi connectivity index (χ3n) is 4.01. The molecule has 1 saturated heterocycles. The van der Waals surface area contributed by atoms with Crippen molar-refractivity contribution in [1.82, 2.24) is 14.8 Å². The van der Waals surface area contributed by atoms with Crippen molar-refractivity contribution in [3.63, 3.8) is 0 Å². The van der Waals surface area contributed by atoms with Gasteiger partial charge in [-0.1, -0.05) is 6.58 Å². The van der Waals surface area contributed by atoms with Crippen LogP contribution < -0.4 is 5.32 Å². The van der Waals surface area contributed by atoms with Gasteiger partial charge in [-0.25, -0.2) is 0 Å². The van der Waals surface area contributed by atoms with E-state index in [4.69, 9.17) is 0 Å². The lowest BCUT2D eigenvalue weighted by Gasteiger charge is -2.38. The molecule has 2 heterocycles. The molecule has 0 saturated carbocycles. The molecular weight excluding hydrogens is 312 g/mol. The smallest absolute Gasteiger partial charge is 0.270 e. The maximum atomic E-state index is 12.1. The van der Waals surface area contributed by atoms with E-state index in [1.165, 1.54) is 18.2 Å². The highest BCUT2D eigenvalue weighted by atomic mass is 16.6. The van der Waals surface area contributed by atoms with Gasteiger partial charge in [0.1, 0.15) is 6.54 Å². The van der Waals surface area contributed by atoms with Gasteiger partial charge in [0.05, 0.1) is 11.0 Å². The second-order valence-corrected chi connectivity index (χ2v) is 5.66. The number of non-ortho nitro benzene ring substituents is 1. The predicted molar refractivity (Wildman–Crippen MR) is 87.3 cm³/mol. The molecule has 0 aliphatic carbocycles. The van der Waals surface area contributed by atoms with Crippen LogP contribution in [0.3, 0.4) is 0 Å². The van der Waals surface area contributed by atoms with Crippen molar-refractivity contribution in [1.29, 1.82) is 0 Å². The van der Waals surface area contributed by atoms with Crippen molar-refractivity contribution >= 4 is 28.4 Å². The Kier molecular flexibility index (Phi) is 4.03. The third-order valence-corrected chi connectivity index (χ3v) is 4.01. The van der Waals surface area contributed by atoms with Gasteiger partial charge in [0.2, 0.25) is 11.8 Å². The molecule has 2 aromatic rings. The first-order valence-corrected chi connectivity index (χ1v) is 7.42. The summed E-state index contributed by atoms with van der Waals surface area (Å²) >= 11 is 0. The standard InChI is InChI=1S/C16H16N4O4/c1-2-16(22)19-8-12(9-19)17-15(21)10-18-6-5-11-7-13(20(23)24)3-4-14(11)18/h2-7,12H,1,8-10H2,(H,17,21). The maximum absolute atomic E-state index is 12.1. The fourth-order valence-corrected chi connectivity index (χ4v) is 2.75. The predicted octanol–water partition coefficient (Wildman–Crippen LogP) is 1.06. The topological polar surface area (TPSA) is 97.5 Å². The maximum Gasteiger partial charge on any atom is 0.270 e. The average molecular weight is 328 g/mol. The summed E-state index contributed by atoms with van der Waals surface area (Å²) in [5.74, 6) is -0.306. The SMILES string of the molecule is C=CC(=O)N1CC(NC(=O)Cn2ccc3cc([N+](=O)[O-])ccc32)C1.